The second kappa shape index (κ2) is 7.30. The van der Waals surface area contributed by atoms with Crippen LogP contribution in [-0.4, -0.2) is 43.9 Å². The molecule has 1 fully saturated rings. The van der Waals surface area contributed by atoms with Crippen LogP contribution in [0.4, 0.5) is 0 Å². The molecular formula is C18H19N5O3. The van der Waals surface area contributed by atoms with E-state index in [1.54, 1.807) is 0 Å². The molecule has 2 heterocycles. The highest BCUT2D eigenvalue weighted by atomic mass is 16.2. The fourth-order valence-electron chi connectivity index (χ4n) is 2.73. The first-order chi connectivity index (χ1) is 12.4. The second-order valence-electron chi connectivity index (χ2n) is 6.23. The van der Waals surface area contributed by atoms with Gasteiger partial charge in [-0.15, -0.1) is 5.10 Å². The molecule has 0 spiro atoms. The number of aromatic nitrogens is 3. The van der Waals surface area contributed by atoms with E-state index in [4.69, 9.17) is 0 Å². The third kappa shape index (κ3) is 4.21. The number of benzene rings is 1. The van der Waals surface area contributed by atoms with Gasteiger partial charge >= 0.3 is 0 Å². The van der Waals surface area contributed by atoms with Crippen molar-refractivity contribution in [2.45, 2.75) is 26.7 Å². The van der Waals surface area contributed by atoms with Gasteiger partial charge in [0.05, 0.1) is 6.42 Å². The van der Waals surface area contributed by atoms with Crippen molar-refractivity contribution in [1.82, 2.24) is 25.2 Å². The number of piperidine rings is 1. The molecule has 1 N–H and O–H groups in total. The summed E-state index contributed by atoms with van der Waals surface area (Å²) in [5, 5.41) is 5.48. The van der Waals surface area contributed by atoms with Crippen LogP contribution < -0.4 is 5.43 Å². The molecule has 0 radical (unpaired) electrons. The molecule has 26 heavy (non-hydrogen) atoms. The van der Waals surface area contributed by atoms with Crippen molar-refractivity contribution in [2.75, 3.05) is 6.54 Å². The van der Waals surface area contributed by atoms with Crippen LogP contribution in [0, 0.1) is 13.8 Å². The molecule has 0 aliphatic carbocycles. The Balaban J connectivity index is 1.64. The lowest BCUT2D eigenvalue weighted by Gasteiger charge is -2.25. The highest BCUT2D eigenvalue weighted by molar-refractivity contribution is 6.01. The number of Topliss-reactive ketones (excluding diaryl/α,β-unsaturated/α-hetero) is 1. The Bertz CT molecular complexity index is 880. The summed E-state index contributed by atoms with van der Waals surface area (Å²) in [5.74, 6) is -0.429. The zero-order valence-electron chi connectivity index (χ0n) is 14.6. The first kappa shape index (κ1) is 17.5. The predicted molar refractivity (Wildman–Crippen MR) is 94.4 cm³/mol. The van der Waals surface area contributed by atoms with Crippen LogP contribution in [-0.2, 0) is 14.4 Å². The Hall–Kier alpha value is -3.29. The number of hydrogen-bond donors (Lipinski definition) is 1. The van der Waals surface area contributed by atoms with E-state index < -0.39 is 11.8 Å². The SMILES string of the molecule is Cc1cc(C)cc(-c2ncn(/C=C\C(=O)NN3CCC(=O)CC3=O)n2)c1. The lowest BCUT2D eigenvalue weighted by molar-refractivity contribution is -0.146. The van der Waals surface area contributed by atoms with Gasteiger partial charge < -0.3 is 0 Å². The lowest BCUT2D eigenvalue weighted by atomic mass is 10.1. The van der Waals surface area contributed by atoms with Gasteiger partial charge in [-0.25, -0.2) is 9.67 Å². The largest absolute Gasteiger partial charge is 0.299 e. The average Bonchev–Trinajstić information content (AvgIpc) is 3.04. The minimum atomic E-state index is -0.476. The van der Waals surface area contributed by atoms with Crippen LogP contribution in [0.15, 0.2) is 30.6 Å². The van der Waals surface area contributed by atoms with E-state index in [1.165, 1.54) is 23.3 Å². The van der Waals surface area contributed by atoms with Gasteiger partial charge in [-0.2, -0.15) is 0 Å². The molecule has 0 unspecified atom stereocenters. The molecule has 2 amide bonds. The highest BCUT2D eigenvalue weighted by Crippen LogP contribution is 2.18. The van der Waals surface area contributed by atoms with E-state index in [0.29, 0.717) is 5.82 Å². The number of aryl methyl sites for hydroxylation is 2. The minimum absolute atomic E-state index is 0.113. The van der Waals surface area contributed by atoms with E-state index in [0.717, 1.165) is 21.7 Å². The van der Waals surface area contributed by atoms with Gasteiger partial charge in [-0.1, -0.05) is 17.2 Å². The van der Waals surface area contributed by atoms with Crippen LogP contribution in [0.25, 0.3) is 17.6 Å². The number of amides is 2. The van der Waals surface area contributed by atoms with Gasteiger partial charge in [0.25, 0.3) is 5.91 Å². The maximum absolute atomic E-state index is 11.9. The minimum Gasteiger partial charge on any atom is -0.299 e. The third-order valence-corrected chi connectivity index (χ3v) is 3.88. The Morgan fingerprint density at radius 1 is 1.19 bits per heavy atom. The maximum atomic E-state index is 11.9. The quantitative estimate of drug-likeness (QED) is 0.659. The summed E-state index contributed by atoms with van der Waals surface area (Å²) in [6.07, 6.45) is 4.28. The number of ketones is 1. The molecule has 1 aliphatic rings. The molecule has 0 bridgehead atoms. The third-order valence-electron chi connectivity index (χ3n) is 3.88. The number of hydrazine groups is 1. The lowest BCUT2D eigenvalue weighted by Crippen LogP contribution is -2.49. The predicted octanol–water partition coefficient (Wildman–Crippen LogP) is 1.26. The Morgan fingerprint density at radius 2 is 1.92 bits per heavy atom. The van der Waals surface area contributed by atoms with Gasteiger partial charge in [0, 0.05) is 30.8 Å². The molecular weight excluding hydrogens is 334 g/mol. The van der Waals surface area contributed by atoms with Crippen molar-refractivity contribution < 1.29 is 14.4 Å². The summed E-state index contributed by atoms with van der Waals surface area (Å²) in [7, 11) is 0. The molecule has 0 saturated carbocycles. The first-order valence-corrected chi connectivity index (χ1v) is 8.21. The zero-order valence-corrected chi connectivity index (χ0v) is 14.6. The summed E-state index contributed by atoms with van der Waals surface area (Å²) in [5.41, 5.74) is 5.60. The summed E-state index contributed by atoms with van der Waals surface area (Å²) < 4.78 is 1.42. The van der Waals surface area contributed by atoms with E-state index in [2.05, 4.69) is 21.6 Å². The molecule has 1 aromatic heterocycles. The van der Waals surface area contributed by atoms with Crippen molar-refractivity contribution >= 4 is 23.8 Å². The van der Waals surface area contributed by atoms with Gasteiger partial charge in [0.2, 0.25) is 5.91 Å². The zero-order chi connectivity index (χ0) is 18.7. The summed E-state index contributed by atoms with van der Waals surface area (Å²) >= 11 is 0. The topological polar surface area (TPSA) is 97.2 Å². The fourth-order valence-corrected chi connectivity index (χ4v) is 2.73. The number of nitrogens with one attached hydrogen (secondary N) is 1. The fraction of sp³-hybridized carbons (Fsp3) is 0.278. The Morgan fingerprint density at radius 3 is 2.62 bits per heavy atom. The van der Waals surface area contributed by atoms with Crippen LogP contribution >= 0.6 is 0 Å². The summed E-state index contributed by atoms with van der Waals surface area (Å²) in [6.45, 7) is 4.21. The smallest absolute Gasteiger partial charge is 0.264 e. The van der Waals surface area contributed by atoms with Gasteiger partial charge in [0.1, 0.15) is 12.1 Å². The van der Waals surface area contributed by atoms with Crippen LogP contribution in [0.1, 0.15) is 24.0 Å². The number of carbonyl (C=O) groups excluding carboxylic acids is 3. The van der Waals surface area contributed by atoms with Crippen molar-refractivity contribution in [3.8, 4) is 11.4 Å². The van der Waals surface area contributed by atoms with Gasteiger partial charge in [-0.3, -0.25) is 24.8 Å². The van der Waals surface area contributed by atoms with Gasteiger partial charge in [-0.05, 0) is 26.0 Å². The van der Waals surface area contributed by atoms with E-state index in [9.17, 15) is 14.4 Å². The number of nitrogens with zero attached hydrogens (tertiary/aromatic N) is 4. The van der Waals surface area contributed by atoms with Crippen molar-refractivity contribution in [1.29, 1.82) is 0 Å². The van der Waals surface area contributed by atoms with Crippen molar-refractivity contribution in [2.24, 2.45) is 0 Å². The van der Waals surface area contributed by atoms with Crippen molar-refractivity contribution in [3.63, 3.8) is 0 Å². The molecule has 0 atom stereocenters. The molecule has 1 saturated heterocycles. The normalized spacial score (nSPS) is 14.9. The number of carbonyl (C=O) groups is 3. The Labute approximate surface area is 150 Å². The number of hydrogen-bond acceptors (Lipinski definition) is 5. The molecule has 3 rings (SSSR count). The maximum Gasteiger partial charge on any atom is 0.264 e. The van der Waals surface area contributed by atoms with E-state index >= 15 is 0 Å². The summed E-state index contributed by atoms with van der Waals surface area (Å²) in [4.78, 5) is 39.0. The standard InChI is InChI=1S/C18H19N5O3/c1-12-7-13(2)9-14(8-12)18-19-11-22(21-18)5-4-16(25)20-23-6-3-15(24)10-17(23)26/h4-5,7-9,11H,3,6,10H2,1-2H3,(H,20,25)/b5-4-. The highest BCUT2D eigenvalue weighted by Gasteiger charge is 2.24. The number of rotatable bonds is 4. The molecule has 1 aromatic carbocycles. The molecule has 134 valence electrons. The van der Waals surface area contributed by atoms with E-state index in [-0.39, 0.29) is 25.2 Å². The molecule has 1 aliphatic heterocycles. The summed E-state index contributed by atoms with van der Waals surface area (Å²) in [6, 6.07) is 6.05. The van der Waals surface area contributed by atoms with Crippen molar-refractivity contribution in [3.05, 3.63) is 41.7 Å². The van der Waals surface area contributed by atoms with Gasteiger partial charge in [0.15, 0.2) is 5.82 Å². The van der Waals surface area contributed by atoms with E-state index in [1.807, 2.05) is 26.0 Å². The first-order valence-electron chi connectivity index (χ1n) is 8.21. The molecule has 8 nitrogen and oxygen atoms in total. The van der Waals surface area contributed by atoms with Crippen LogP contribution in [0.5, 0.6) is 0 Å². The molecule has 2 aromatic rings. The molecule has 8 heteroatoms. The average molecular weight is 353 g/mol. The van der Waals surface area contributed by atoms with Crippen LogP contribution in [0.3, 0.4) is 0 Å². The Kier molecular flexibility index (Phi) is 4.92. The van der Waals surface area contributed by atoms with Crippen LogP contribution in [0.2, 0.25) is 0 Å². The second-order valence-corrected chi connectivity index (χ2v) is 6.23. The monoisotopic (exact) mass is 353 g/mol.